The van der Waals surface area contributed by atoms with Crippen molar-refractivity contribution in [3.05, 3.63) is 52.9 Å². The van der Waals surface area contributed by atoms with Gasteiger partial charge in [0.1, 0.15) is 12.3 Å². The van der Waals surface area contributed by atoms with Crippen molar-refractivity contribution in [3.63, 3.8) is 0 Å². The molecule has 0 unspecified atom stereocenters. The SMILES string of the molecule is CCOC(=O)CN(c1ccc(OCC)cc1)S(=O)(=O)c1ccc2c(c1)n(C)c(=O)n2C. The van der Waals surface area contributed by atoms with Crippen LogP contribution in [-0.4, -0.2) is 43.3 Å². The van der Waals surface area contributed by atoms with E-state index in [1.807, 2.05) is 6.92 Å². The van der Waals surface area contributed by atoms with Crippen molar-refractivity contribution >= 4 is 32.7 Å². The number of rotatable bonds is 8. The largest absolute Gasteiger partial charge is 0.494 e. The zero-order valence-corrected chi connectivity index (χ0v) is 18.7. The van der Waals surface area contributed by atoms with E-state index in [9.17, 15) is 18.0 Å². The lowest BCUT2D eigenvalue weighted by Gasteiger charge is -2.24. The maximum absolute atomic E-state index is 13.5. The number of fused-ring (bicyclic) bond motifs is 1. The predicted molar refractivity (Wildman–Crippen MR) is 117 cm³/mol. The summed E-state index contributed by atoms with van der Waals surface area (Å²) in [4.78, 5) is 24.3. The van der Waals surface area contributed by atoms with E-state index in [1.54, 1.807) is 51.4 Å². The van der Waals surface area contributed by atoms with E-state index >= 15 is 0 Å². The van der Waals surface area contributed by atoms with E-state index in [0.29, 0.717) is 29.1 Å². The first-order chi connectivity index (χ1) is 14.7. The fourth-order valence-electron chi connectivity index (χ4n) is 3.29. The summed E-state index contributed by atoms with van der Waals surface area (Å²) in [5.74, 6) is -0.0893. The van der Waals surface area contributed by atoms with Crippen LogP contribution in [0.15, 0.2) is 52.2 Å². The summed E-state index contributed by atoms with van der Waals surface area (Å²) in [7, 11) is -0.947. The van der Waals surface area contributed by atoms with Crippen LogP contribution in [0.5, 0.6) is 5.75 Å². The maximum Gasteiger partial charge on any atom is 0.328 e. The van der Waals surface area contributed by atoms with Gasteiger partial charge in [0, 0.05) is 14.1 Å². The molecule has 0 fully saturated rings. The average molecular weight is 448 g/mol. The lowest BCUT2D eigenvalue weighted by molar-refractivity contribution is -0.141. The second-order valence-electron chi connectivity index (χ2n) is 6.79. The van der Waals surface area contributed by atoms with Crippen molar-refractivity contribution in [2.45, 2.75) is 18.7 Å². The van der Waals surface area contributed by atoms with Crippen molar-refractivity contribution in [3.8, 4) is 5.75 Å². The number of carbonyl (C=O) groups excluding carboxylic acids is 1. The number of ether oxygens (including phenoxy) is 2. The third-order valence-electron chi connectivity index (χ3n) is 4.85. The number of hydrogen-bond donors (Lipinski definition) is 0. The molecule has 3 rings (SSSR count). The maximum atomic E-state index is 13.5. The van der Waals surface area contributed by atoms with Gasteiger partial charge in [-0.05, 0) is 56.3 Å². The second kappa shape index (κ2) is 8.84. The Kier molecular flexibility index (Phi) is 6.40. The smallest absolute Gasteiger partial charge is 0.328 e. The molecule has 0 aliphatic heterocycles. The molecular weight excluding hydrogens is 422 g/mol. The molecule has 0 bridgehead atoms. The van der Waals surface area contributed by atoms with Crippen LogP contribution >= 0.6 is 0 Å². The number of anilines is 1. The average Bonchev–Trinajstić information content (AvgIpc) is 2.97. The first kappa shape index (κ1) is 22.4. The van der Waals surface area contributed by atoms with E-state index < -0.39 is 22.5 Å². The van der Waals surface area contributed by atoms with Crippen molar-refractivity contribution in [2.24, 2.45) is 14.1 Å². The van der Waals surface area contributed by atoms with Gasteiger partial charge in [-0.1, -0.05) is 0 Å². The molecule has 0 atom stereocenters. The minimum atomic E-state index is -4.14. The van der Waals surface area contributed by atoms with Crippen LogP contribution in [0, 0.1) is 0 Å². The molecule has 1 aromatic heterocycles. The van der Waals surface area contributed by atoms with Gasteiger partial charge in [0.15, 0.2) is 0 Å². The molecule has 0 amide bonds. The Labute approximate surface area is 180 Å². The van der Waals surface area contributed by atoms with Crippen LogP contribution in [0.4, 0.5) is 5.69 Å². The van der Waals surface area contributed by atoms with Crippen molar-refractivity contribution < 1.29 is 22.7 Å². The molecule has 0 saturated heterocycles. The predicted octanol–water partition coefficient (Wildman–Crippen LogP) is 2.03. The highest BCUT2D eigenvalue weighted by Gasteiger charge is 2.28. The Balaban J connectivity index is 2.10. The van der Waals surface area contributed by atoms with Crippen LogP contribution in [0.2, 0.25) is 0 Å². The number of esters is 1. The molecule has 0 spiro atoms. The lowest BCUT2D eigenvalue weighted by Crippen LogP contribution is -2.36. The molecule has 10 heteroatoms. The first-order valence-corrected chi connectivity index (χ1v) is 11.2. The summed E-state index contributed by atoms with van der Waals surface area (Å²) >= 11 is 0. The van der Waals surface area contributed by atoms with Crippen molar-refractivity contribution in [1.82, 2.24) is 9.13 Å². The van der Waals surface area contributed by atoms with Gasteiger partial charge < -0.3 is 9.47 Å². The zero-order chi connectivity index (χ0) is 22.8. The summed E-state index contributed by atoms with van der Waals surface area (Å²) in [5, 5.41) is 0. The Morgan fingerprint density at radius 3 is 2.23 bits per heavy atom. The van der Waals surface area contributed by atoms with Crippen LogP contribution in [0.3, 0.4) is 0 Å². The Hall–Kier alpha value is -3.27. The monoisotopic (exact) mass is 447 g/mol. The fraction of sp³-hybridized carbons (Fsp3) is 0.333. The molecule has 0 N–H and O–H groups in total. The van der Waals surface area contributed by atoms with Gasteiger partial charge in [-0.3, -0.25) is 18.2 Å². The Morgan fingerprint density at radius 2 is 1.61 bits per heavy atom. The third-order valence-corrected chi connectivity index (χ3v) is 6.62. The normalized spacial score (nSPS) is 11.5. The highest BCUT2D eigenvalue weighted by molar-refractivity contribution is 7.92. The standard InChI is InChI=1S/C21H25N3O6S/c1-5-29-16-9-7-15(8-10-16)24(14-20(25)30-6-2)31(27,28)17-11-12-18-19(13-17)23(4)21(26)22(18)3/h7-13H,5-6,14H2,1-4H3. The molecule has 0 aliphatic carbocycles. The third kappa shape index (κ3) is 4.29. The Morgan fingerprint density at radius 1 is 0.968 bits per heavy atom. The van der Waals surface area contributed by atoms with Crippen molar-refractivity contribution in [1.29, 1.82) is 0 Å². The van der Waals surface area contributed by atoms with E-state index in [2.05, 4.69) is 0 Å². The molecule has 9 nitrogen and oxygen atoms in total. The molecular formula is C21H25N3O6S. The minimum absolute atomic E-state index is 0.0422. The molecule has 0 saturated carbocycles. The highest BCUT2D eigenvalue weighted by atomic mass is 32.2. The van der Waals surface area contributed by atoms with Gasteiger partial charge in [0.25, 0.3) is 10.0 Å². The van der Waals surface area contributed by atoms with E-state index in [0.717, 1.165) is 4.31 Å². The highest BCUT2D eigenvalue weighted by Crippen LogP contribution is 2.27. The summed E-state index contributed by atoms with van der Waals surface area (Å²) < 4.78 is 41.2. The molecule has 166 valence electrons. The van der Waals surface area contributed by atoms with Gasteiger partial charge in [-0.15, -0.1) is 0 Å². The number of benzene rings is 2. The molecule has 3 aromatic rings. The van der Waals surface area contributed by atoms with Crippen LogP contribution < -0.4 is 14.7 Å². The summed E-state index contributed by atoms with van der Waals surface area (Å²) in [6, 6.07) is 10.8. The summed E-state index contributed by atoms with van der Waals surface area (Å²) in [6.07, 6.45) is 0. The number of sulfonamides is 1. The zero-order valence-electron chi connectivity index (χ0n) is 17.9. The van der Waals surface area contributed by atoms with Gasteiger partial charge in [-0.2, -0.15) is 0 Å². The minimum Gasteiger partial charge on any atom is -0.494 e. The van der Waals surface area contributed by atoms with Gasteiger partial charge >= 0.3 is 11.7 Å². The summed E-state index contributed by atoms with van der Waals surface area (Å²) in [5.41, 5.74) is 1.10. The van der Waals surface area contributed by atoms with Crippen LogP contribution in [-0.2, 0) is 33.7 Å². The van der Waals surface area contributed by atoms with E-state index in [4.69, 9.17) is 9.47 Å². The van der Waals surface area contributed by atoms with Gasteiger partial charge in [0.2, 0.25) is 0 Å². The molecule has 0 aliphatic rings. The van der Waals surface area contributed by atoms with E-state index in [-0.39, 0.29) is 17.2 Å². The number of aromatic nitrogens is 2. The van der Waals surface area contributed by atoms with Gasteiger partial charge in [-0.25, -0.2) is 13.2 Å². The Bertz CT molecular complexity index is 1260. The number of carbonyl (C=O) groups is 1. The number of nitrogens with zero attached hydrogens (tertiary/aromatic N) is 3. The second-order valence-corrected chi connectivity index (χ2v) is 8.66. The van der Waals surface area contributed by atoms with Crippen molar-refractivity contribution in [2.75, 3.05) is 24.1 Å². The quantitative estimate of drug-likeness (QED) is 0.490. The number of imidazole rings is 1. The number of hydrogen-bond acceptors (Lipinski definition) is 6. The van der Waals surface area contributed by atoms with Crippen LogP contribution in [0.1, 0.15) is 13.8 Å². The molecule has 31 heavy (non-hydrogen) atoms. The topological polar surface area (TPSA) is 99.8 Å². The van der Waals surface area contributed by atoms with Gasteiger partial charge in [0.05, 0.1) is 34.8 Å². The number of aryl methyl sites for hydroxylation is 2. The lowest BCUT2D eigenvalue weighted by atomic mass is 10.3. The van der Waals surface area contributed by atoms with Crippen LogP contribution in [0.25, 0.3) is 11.0 Å². The molecule has 0 radical (unpaired) electrons. The first-order valence-electron chi connectivity index (χ1n) is 9.77. The fourth-order valence-corrected chi connectivity index (χ4v) is 4.72. The summed E-state index contributed by atoms with van der Waals surface area (Å²) in [6.45, 7) is 3.61. The molecule has 2 aromatic carbocycles. The van der Waals surface area contributed by atoms with E-state index in [1.165, 1.54) is 21.3 Å². The molecule has 1 heterocycles.